The highest BCUT2D eigenvalue weighted by Crippen LogP contribution is 2.43. The number of hydrogen-bond donors (Lipinski definition) is 7. The number of Topliss-reactive ketones (excluding diaryl/α,β-unsaturated/α-hetero) is 1. The van der Waals surface area contributed by atoms with Gasteiger partial charge >= 0.3 is 0 Å². The zero-order valence-corrected chi connectivity index (χ0v) is 45.7. The number of ketones is 1. The molecule has 6 aliphatic rings. The van der Waals surface area contributed by atoms with E-state index >= 15 is 0 Å². The number of methoxy groups -OCH3 is 2. The molecule has 0 aromatic carbocycles. The minimum Gasteiger partial charge on any atom is -0.393 e. The van der Waals surface area contributed by atoms with Crippen LogP contribution in [-0.4, -0.2) is 141 Å². The molecule has 4 aliphatic heterocycles. The second kappa shape index (κ2) is 26.8. The third-order valence-electron chi connectivity index (χ3n) is 18.0. The standard InChI is InChI=1S/C59H94N2O12/c1-34-17-12-11-13-18-35(2)45(46-33-60-52-36(3)19-16-20-44(46)52)31-43-24-22-41(8)59(69,73-43)56(66)57(67)61-26-15-14-21-47(61)58(68)72-50(38(5)29-42-23-25-48(62)51(30-42)70-9)32-49(63)37(4)28-40(7)54(65)55(71-10)53(64)39(6)27-34/h11-13,16-20,33-34,37-45,47-55,58,60,62-65,68-69H,14-15,21-32H2,1-10H3/b13-11+,17-12+,35-18+/t34-,37-,38-,39-,40?,41-,42+,43+,44?,45+,47+,48-,49+,50+,51-,52?,53+,54-,55+,58?,59-/m1/s1. The Balaban J connectivity index is 1.32. The van der Waals surface area contributed by atoms with Crippen LogP contribution in [0.25, 0.3) is 0 Å². The van der Waals surface area contributed by atoms with Crippen LogP contribution in [-0.2, 0) is 28.5 Å². The molecule has 2 saturated heterocycles. The van der Waals surface area contributed by atoms with Crippen LogP contribution in [0.4, 0.5) is 0 Å². The molecule has 4 unspecified atom stereocenters. The van der Waals surface area contributed by atoms with E-state index in [0.717, 1.165) is 12.0 Å². The Morgan fingerprint density at radius 3 is 2.19 bits per heavy atom. The molecular formula is C59H94N2O12. The van der Waals surface area contributed by atoms with E-state index in [0.29, 0.717) is 70.6 Å². The first-order valence-electron chi connectivity index (χ1n) is 27.9. The van der Waals surface area contributed by atoms with Gasteiger partial charge in [0.1, 0.15) is 6.10 Å². The second-order valence-corrected chi connectivity index (χ2v) is 23.5. The van der Waals surface area contributed by atoms with Crippen molar-refractivity contribution in [2.75, 3.05) is 20.8 Å². The summed E-state index contributed by atoms with van der Waals surface area (Å²) >= 11 is 0. The molecular weight excluding hydrogens is 929 g/mol. The van der Waals surface area contributed by atoms with Crippen molar-refractivity contribution in [2.24, 2.45) is 53.3 Å². The highest BCUT2D eigenvalue weighted by Gasteiger charge is 2.53. The van der Waals surface area contributed by atoms with Gasteiger partial charge in [0.05, 0.1) is 54.8 Å². The predicted molar refractivity (Wildman–Crippen MR) is 282 cm³/mol. The van der Waals surface area contributed by atoms with Gasteiger partial charge in [-0.1, -0.05) is 101 Å². The molecule has 0 spiro atoms. The molecule has 2 bridgehead atoms. The summed E-state index contributed by atoms with van der Waals surface area (Å²) in [6.45, 7) is 16.1. The van der Waals surface area contributed by atoms with Crippen LogP contribution < -0.4 is 5.32 Å². The summed E-state index contributed by atoms with van der Waals surface area (Å²) < 4.78 is 24.6. The number of allylic oxidation sites excluding steroid dienone is 8. The van der Waals surface area contributed by atoms with Crippen molar-refractivity contribution in [3.63, 3.8) is 0 Å². The first kappa shape index (κ1) is 59.2. The van der Waals surface area contributed by atoms with Gasteiger partial charge in [-0.3, -0.25) is 9.59 Å². The number of nitrogens with zero attached hydrogens (tertiary/aromatic N) is 1. The fourth-order valence-corrected chi connectivity index (χ4v) is 13.1. The van der Waals surface area contributed by atoms with Crippen molar-refractivity contribution < 1.29 is 59.2 Å². The van der Waals surface area contributed by atoms with Crippen molar-refractivity contribution in [3.8, 4) is 0 Å². The van der Waals surface area contributed by atoms with Gasteiger partial charge in [-0.05, 0) is 138 Å². The highest BCUT2D eigenvalue weighted by atomic mass is 16.6. The fourth-order valence-electron chi connectivity index (χ4n) is 13.1. The molecule has 6 rings (SSSR count). The number of aliphatic hydroxyl groups excluding tert-OH is 5. The van der Waals surface area contributed by atoms with E-state index in [1.165, 1.54) is 23.2 Å². The maximum atomic E-state index is 14.6. The molecule has 412 valence electrons. The highest BCUT2D eigenvalue weighted by molar-refractivity contribution is 6.38. The average molecular weight is 1020 g/mol. The fraction of sp³-hybridized carbons (Fsp3) is 0.763. The minimum absolute atomic E-state index is 0.105. The summed E-state index contributed by atoms with van der Waals surface area (Å²) in [5.74, 6) is -5.83. The van der Waals surface area contributed by atoms with Gasteiger partial charge in [-0.2, -0.15) is 0 Å². The van der Waals surface area contributed by atoms with Crippen LogP contribution in [0, 0.1) is 53.3 Å². The molecule has 3 fully saturated rings. The number of fused-ring (bicyclic) bond motifs is 4. The van der Waals surface area contributed by atoms with Crippen molar-refractivity contribution in [1.29, 1.82) is 0 Å². The lowest BCUT2D eigenvalue weighted by Crippen LogP contribution is -2.61. The van der Waals surface area contributed by atoms with Crippen molar-refractivity contribution >= 4 is 11.7 Å². The molecule has 2 aliphatic carbocycles. The van der Waals surface area contributed by atoms with Gasteiger partial charge in [-0.15, -0.1) is 0 Å². The summed E-state index contributed by atoms with van der Waals surface area (Å²) in [7, 11) is 3.11. The lowest BCUT2D eigenvalue weighted by atomic mass is 9.75. The van der Waals surface area contributed by atoms with E-state index in [1.807, 2.05) is 45.9 Å². The largest absolute Gasteiger partial charge is 0.393 e. The molecule has 14 nitrogen and oxygen atoms in total. The van der Waals surface area contributed by atoms with Crippen molar-refractivity contribution in [3.05, 3.63) is 71.5 Å². The van der Waals surface area contributed by atoms with E-state index in [1.54, 1.807) is 14.0 Å². The first-order valence-corrected chi connectivity index (χ1v) is 27.9. The van der Waals surface area contributed by atoms with E-state index in [-0.39, 0.29) is 72.5 Å². The van der Waals surface area contributed by atoms with Gasteiger partial charge in [-0.25, -0.2) is 0 Å². The average Bonchev–Trinajstić information content (AvgIpc) is 3.81. The van der Waals surface area contributed by atoms with E-state index in [9.17, 15) is 40.2 Å². The summed E-state index contributed by atoms with van der Waals surface area (Å²) in [6, 6.07) is -0.780. The van der Waals surface area contributed by atoms with Crippen LogP contribution >= 0.6 is 0 Å². The minimum atomic E-state index is -2.39. The molecule has 4 heterocycles. The maximum Gasteiger partial charge on any atom is 0.296 e. The first-order chi connectivity index (χ1) is 34.7. The Bertz CT molecular complexity index is 2000. The molecule has 21 atom stereocenters. The van der Waals surface area contributed by atoms with Crippen LogP contribution in [0.15, 0.2) is 71.5 Å². The van der Waals surface area contributed by atoms with Gasteiger partial charge in [0.2, 0.25) is 5.79 Å². The summed E-state index contributed by atoms with van der Waals surface area (Å²) in [6.07, 6.45) is 18.5. The molecule has 1 saturated carbocycles. The number of nitrogens with one attached hydrogen (secondary N) is 1. The smallest absolute Gasteiger partial charge is 0.296 e. The van der Waals surface area contributed by atoms with E-state index in [2.05, 4.69) is 62.7 Å². The Labute approximate surface area is 437 Å². The Hall–Kier alpha value is -3.02. The van der Waals surface area contributed by atoms with Gasteiger partial charge in [0.25, 0.3) is 11.7 Å². The lowest BCUT2D eigenvalue weighted by Gasteiger charge is -2.44. The SMILES string of the molecule is CO[C@H]1[C@@H](O)[C@H](C)C[C@H](C)/C=C/C=C/C=C(\C)[C@@H](C2=CNC3C(C)=CC=CC23)C[C@@H]2CC[C@@H](C)[C@@](O)(O2)C(=O)C(=O)N2CCCC[C@H]2C(O)O[C@H]([C@H](C)C[C@@H]2CC[C@@H](O)[C@H](OC)C2)C[C@H](O)[C@H](C)CC(C)[C@H]1O. The topological polar surface area (TPSA) is 208 Å². The molecule has 0 aromatic heterocycles. The molecule has 7 N–H and O–H groups in total. The number of carbonyl (C=O) groups excluding carboxylic acids is 2. The summed E-state index contributed by atoms with van der Waals surface area (Å²) in [5, 5.41) is 74.0. The molecule has 0 aromatic rings. The van der Waals surface area contributed by atoms with E-state index in [4.69, 9.17) is 18.9 Å². The third kappa shape index (κ3) is 14.5. The molecule has 1 amide bonds. The number of carbonyl (C=O) groups is 2. The van der Waals surface area contributed by atoms with Crippen LogP contribution in [0.1, 0.15) is 139 Å². The second-order valence-electron chi connectivity index (χ2n) is 23.5. The number of rotatable bonds is 6. The zero-order chi connectivity index (χ0) is 53.3. The molecule has 0 radical (unpaired) electrons. The van der Waals surface area contributed by atoms with Gasteiger partial charge in [0.15, 0.2) is 6.29 Å². The zero-order valence-electron chi connectivity index (χ0n) is 45.7. The Morgan fingerprint density at radius 2 is 1.48 bits per heavy atom. The Kier molecular flexibility index (Phi) is 21.8. The van der Waals surface area contributed by atoms with Crippen LogP contribution in [0.3, 0.4) is 0 Å². The van der Waals surface area contributed by atoms with E-state index < -0.39 is 78.5 Å². The van der Waals surface area contributed by atoms with Gasteiger partial charge < -0.3 is 59.8 Å². The van der Waals surface area contributed by atoms with Crippen LogP contribution in [0.5, 0.6) is 0 Å². The molecule has 73 heavy (non-hydrogen) atoms. The normalized spacial score (nSPS) is 44.4. The van der Waals surface area contributed by atoms with Crippen LogP contribution in [0.2, 0.25) is 0 Å². The maximum absolute atomic E-state index is 14.6. The number of piperidine rings is 1. The number of aliphatic hydroxyl groups is 6. The van der Waals surface area contributed by atoms with Crippen molar-refractivity contribution in [2.45, 2.75) is 212 Å². The third-order valence-corrected chi connectivity index (χ3v) is 18.0. The quantitative estimate of drug-likeness (QED) is 0.131. The monoisotopic (exact) mass is 1020 g/mol. The number of hydrogen-bond acceptors (Lipinski definition) is 13. The predicted octanol–water partition coefficient (Wildman–Crippen LogP) is 7.23. The Morgan fingerprint density at radius 1 is 0.767 bits per heavy atom. The molecule has 14 heteroatoms. The van der Waals surface area contributed by atoms with Gasteiger partial charge in [0, 0.05) is 44.9 Å². The van der Waals surface area contributed by atoms with Crippen molar-refractivity contribution in [1.82, 2.24) is 10.2 Å². The summed E-state index contributed by atoms with van der Waals surface area (Å²) in [5.41, 5.74) is 3.49. The number of ether oxygens (including phenoxy) is 4. The summed E-state index contributed by atoms with van der Waals surface area (Å²) in [4.78, 5) is 30.6. The lowest BCUT2D eigenvalue weighted by molar-refractivity contribution is -0.265. The number of amides is 1.